The lowest BCUT2D eigenvalue weighted by Crippen LogP contribution is -2.28. The van der Waals surface area contributed by atoms with Crippen LogP contribution in [0, 0.1) is 0 Å². The summed E-state index contributed by atoms with van der Waals surface area (Å²) in [5.74, 6) is -1.07. The quantitative estimate of drug-likeness (QED) is 0.721. The normalized spacial score (nSPS) is 11.4. The number of carbonyl (C=O) groups is 1. The van der Waals surface area contributed by atoms with Crippen molar-refractivity contribution >= 4 is 16.0 Å². The molecule has 0 atom stereocenters. The van der Waals surface area contributed by atoms with E-state index in [1.807, 2.05) is 0 Å². The summed E-state index contributed by atoms with van der Waals surface area (Å²) in [5.41, 5.74) is 1.26. The Morgan fingerprint density at radius 1 is 1.32 bits per heavy atom. The molecule has 7 heteroatoms. The van der Waals surface area contributed by atoms with Gasteiger partial charge in [-0.05, 0) is 11.1 Å². The number of carboxylic acid groups (broad SMARTS) is 1. The summed E-state index contributed by atoms with van der Waals surface area (Å²) >= 11 is 0. The Kier molecular flexibility index (Phi) is 5.94. The number of methoxy groups -OCH3 is 1. The summed E-state index contributed by atoms with van der Waals surface area (Å²) < 4.78 is 30.3. The van der Waals surface area contributed by atoms with Crippen LogP contribution in [-0.2, 0) is 32.5 Å². The molecule has 0 spiro atoms. The SMILES string of the molecule is COCCS(=O)(=O)NCc1ccccc1CC(=O)O. The van der Waals surface area contributed by atoms with Gasteiger partial charge in [0, 0.05) is 13.7 Å². The second kappa shape index (κ2) is 7.22. The minimum absolute atomic E-state index is 0.0789. The molecule has 19 heavy (non-hydrogen) atoms. The predicted octanol–water partition coefficient (Wildman–Crippen LogP) is 0.379. The maximum Gasteiger partial charge on any atom is 0.307 e. The van der Waals surface area contributed by atoms with Crippen LogP contribution < -0.4 is 4.72 Å². The van der Waals surface area contributed by atoms with E-state index in [1.54, 1.807) is 24.3 Å². The summed E-state index contributed by atoms with van der Waals surface area (Å²) in [6, 6.07) is 6.84. The molecule has 1 rings (SSSR count). The van der Waals surface area contributed by atoms with Crippen molar-refractivity contribution in [1.29, 1.82) is 0 Å². The van der Waals surface area contributed by atoms with E-state index >= 15 is 0 Å². The minimum Gasteiger partial charge on any atom is -0.481 e. The topological polar surface area (TPSA) is 92.7 Å². The van der Waals surface area contributed by atoms with Crippen molar-refractivity contribution in [3.63, 3.8) is 0 Å². The predicted molar refractivity (Wildman–Crippen MR) is 70.3 cm³/mol. The smallest absolute Gasteiger partial charge is 0.307 e. The first-order valence-electron chi connectivity index (χ1n) is 5.69. The van der Waals surface area contributed by atoms with Gasteiger partial charge in [0.25, 0.3) is 0 Å². The molecule has 1 aromatic rings. The molecule has 0 amide bonds. The van der Waals surface area contributed by atoms with Crippen LogP contribution in [0.15, 0.2) is 24.3 Å². The van der Waals surface area contributed by atoms with Crippen molar-refractivity contribution in [3.05, 3.63) is 35.4 Å². The summed E-state index contributed by atoms with van der Waals surface area (Å²) in [5, 5.41) is 8.78. The van der Waals surface area contributed by atoms with E-state index in [-0.39, 0.29) is 25.3 Å². The summed E-state index contributed by atoms with van der Waals surface area (Å²) in [6.45, 7) is 0.196. The number of ether oxygens (including phenoxy) is 1. The number of rotatable bonds is 8. The van der Waals surface area contributed by atoms with Gasteiger partial charge in [-0.2, -0.15) is 0 Å². The van der Waals surface area contributed by atoms with E-state index in [0.717, 1.165) is 0 Å². The van der Waals surface area contributed by atoms with Crippen LogP contribution in [0.4, 0.5) is 0 Å². The number of carboxylic acids is 1. The van der Waals surface area contributed by atoms with E-state index in [4.69, 9.17) is 9.84 Å². The Hall–Kier alpha value is -1.44. The van der Waals surface area contributed by atoms with Crippen LogP contribution in [0.25, 0.3) is 0 Å². The van der Waals surface area contributed by atoms with Crippen LogP contribution >= 0.6 is 0 Å². The van der Waals surface area contributed by atoms with Gasteiger partial charge in [-0.1, -0.05) is 24.3 Å². The van der Waals surface area contributed by atoms with Gasteiger partial charge in [0.2, 0.25) is 10.0 Å². The van der Waals surface area contributed by atoms with E-state index < -0.39 is 16.0 Å². The molecule has 106 valence electrons. The molecule has 0 bridgehead atoms. The fraction of sp³-hybridized carbons (Fsp3) is 0.417. The molecule has 0 saturated carbocycles. The van der Waals surface area contributed by atoms with Crippen molar-refractivity contribution in [2.24, 2.45) is 0 Å². The first kappa shape index (κ1) is 15.6. The number of aliphatic carboxylic acids is 1. The zero-order chi connectivity index (χ0) is 14.3. The third kappa shape index (κ3) is 5.82. The lowest BCUT2D eigenvalue weighted by molar-refractivity contribution is -0.136. The molecule has 0 fully saturated rings. The van der Waals surface area contributed by atoms with Gasteiger partial charge in [-0.15, -0.1) is 0 Å². The Morgan fingerprint density at radius 3 is 2.53 bits per heavy atom. The molecule has 0 aliphatic heterocycles. The van der Waals surface area contributed by atoms with E-state index in [2.05, 4.69) is 4.72 Å². The zero-order valence-electron chi connectivity index (χ0n) is 10.6. The van der Waals surface area contributed by atoms with Crippen molar-refractivity contribution < 1.29 is 23.1 Å². The highest BCUT2D eigenvalue weighted by Gasteiger charge is 2.12. The van der Waals surface area contributed by atoms with Crippen molar-refractivity contribution in [1.82, 2.24) is 4.72 Å². The van der Waals surface area contributed by atoms with E-state index in [9.17, 15) is 13.2 Å². The van der Waals surface area contributed by atoms with E-state index in [0.29, 0.717) is 11.1 Å². The first-order valence-corrected chi connectivity index (χ1v) is 7.34. The Bertz CT molecular complexity index is 527. The molecule has 0 aromatic heterocycles. The second-order valence-electron chi connectivity index (χ2n) is 3.97. The van der Waals surface area contributed by atoms with Gasteiger partial charge in [0.15, 0.2) is 0 Å². The molecule has 0 unspecified atom stereocenters. The molecular weight excluding hydrogens is 270 g/mol. The molecule has 2 N–H and O–H groups in total. The van der Waals surface area contributed by atoms with Crippen molar-refractivity contribution in [2.75, 3.05) is 19.5 Å². The van der Waals surface area contributed by atoms with Crippen LogP contribution in [0.2, 0.25) is 0 Å². The van der Waals surface area contributed by atoms with Gasteiger partial charge in [-0.25, -0.2) is 13.1 Å². The highest BCUT2D eigenvalue weighted by atomic mass is 32.2. The van der Waals surface area contributed by atoms with Crippen molar-refractivity contribution in [3.8, 4) is 0 Å². The fourth-order valence-electron chi connectivity index (χ4n) is 1.52. The third-order valence-electron chi connectivity index (χ3n) is 2.50. The number of sulfonamides is 1. The first-order chi connectivity index (χ1) is 8.94. The highest BCUT2D eigenvalue weighted by Crippen LogP contribution is 2.10. The number of benzene rings is 1. The number of nitrogens with one attached hydrogen (secondary N) is 1. The van der Waals surface area contributed by atoms with Gasteiger partial charge in [-0.3, -0.25) is 4.79 Å². The average Bonchev–Trinajstić information content (AvgIpc) is 2.35. The van der Waals surface area contributed by atoms with Gasteiger partial charge < -0.3 is 9.84 Å². The third-order valence-corrected chi connectivity index (χ3v) is 3.79. The minimum atomic E-state index is -3.41. The van der Waals surface area contributed by atoms with E-state index in [1.165, 1.54) is 7.11 Å². The second-order valence-corrected chi connectivity index (χ2v) is 5.90. The largest absolute Gasteiger partial charge is 0.481 e. The van der Waals surface area contributed by atoms with Gasteiger partial charge >= 0.3 is 5.97 Å². The van der Waals surface area contributed by atoms with Crippen molar-refractivity contribution in [2.45, 2.75) is 13.0 Å². The Balaban J connectivity index is 2.69. The van der Waals surface area contributed by atoms with Gasteiger partial charge in [0.05, 0.1) is 18.8 Å². The summed E-state index contributed by atoms with van der Waals surface area (Å²) in [4.78, 5) is 10.7. The van der Waals surface area contributed by atoms with Crippen LogP contribution in [0.3, 0.4) is 0 Å². The van der Waals surface area contributed by atoms with Crippen LogP contribution in [0.5, 0.6) is 0 Å². The van der Waals surface area contributed by atoms with Crippen LogP contribution in [-0.4, -0.2) is 39.0 Å². The molecule has 0 aliphatic rings. The molecule has 0 heterocycles. The van der Waals surface area contributed by atoms with Gasteiger partial charge in [0.1, 0.15) is 0 Å². The highest BCUT2D eigenvalue weighted by molar-refractivity contribution is 7.89. The maximum atomic E-state index is 11.6. The summed E-state index contributed by atoms with van der Waals surface area (Å²) in [7, 11) is -1.98. The standard InChI is InChI=1S/C12H17NO5S/c1-18-6-7-19(16,17)13-9-11-5-3-2-4-10(11)8-12(14)15/h2-5,13H,6-9H2,1H3,(H,14,15). The molecule has 6 nitrogen and oxygen atoms in total. The number of hydrogen-bond donors (Lipinski definition) is 2. The Labute approximate surface area is 112 Å². The summed E-state index contributed by atoms with van der Waals surface area (Å²) in [6.07, 6.45) is -0.129. The Morgan fingerprint density at radius 2 is 1.95 bits per heavy atom. The zero-order valence-corrected chi connectivity index (χ0v) is 11.4. The molecular formula is C12H17NO5S. The molecule has 0 aliphatic carbocycles. The average molecular weight is 287 g/mol. The van der Waals surface area contributed by atoms with Crippen LogP contribution in [0.1, 0.15) is 11.1 Å². The maximum absolute atomic E-state index is 11.6. The lowest BCUT2D eigenvalue weighted by Gasteiger charge is -2.09. The lowest BCUT2D eigenvalue weighted by atomic mass is 10.1. The monoisotopic (exact) mass is 287 g/mol. The fourth-order valence-corrected chi connectivity index (χ4v) is 2.42. The molecule has 0 saturated heterocycles. The molecule has 0 radical (unpaired) electrons. The molecule has 1 aromatic carbocycles. The number of hydrogen-bond acceptors (Lipinski definition) is 4.